The van der Waals surface area contributed by atoms with Crippen molar-refractivity contribution < 1.29 is 31.1 Å². The summed E-state index contributed by atoms with van der Waals surface area (Å²) in [5, 5.41) is 2.71. The number of ether oxygens (including phenoxy) is 1. The highest BCUT2D eigenvalue weighted by Crippen LogP contribution is 2.34. The second-order valence-corrected chi connectivity index (χ2v) is 4.33. The predicted octanol–water partition coefficient (Wildman–Crippen LogP) is 3.93. The fourth-order valence-electron chi connectivity index (χ4n) is 1.86. The molecule has 0 bridgehead atoms. The number of hydrogen-bond donors (Lipinski definition) is 1. The van der Waals surface area contributed by atoms with Crippen molar-refractivity contribution in [3.8, 4) is 0 Å². The first kappa shape index (κ1) is 17.8. The zero-order valence-corrected chi connectivity index (χ0v) is 11.2. The molecule has 1 rings (SSSR count). The molecule has 0 amide bonds. The number of alkyl halides is 6. The van der Waals surface area contributed by atoms with Crippen LogP contribution in [0.3, 0.4) is 0 Å². The summed E-state index contributed by atoms with van der Waals surface area (Å²) in [5.41, 5.74) is -1.01. The fraction of sp³-hybridized carbons (Fsp3) is 0.538. The summed E-state index contributed by atoms with van der Waals surface area (Å²) in [6.45, 7) is -0.0529. The Morgan fingerprint density at radius 1 is 1.10 bits per heavy atom. The van der Waals surface area contributed by atoms with E-state index < -0.39 is 37.2 Å². The van der Waals surface area contributed by atoms with Gasteiger partial charge in [0.15, 0.2) is 0 Å². The highest BCUT2D eigenvalue weighted by atomic mass is 19.4. The van der Waals surface area contributed by atoms with E-state index in [0.29, 0.717) is 6.54 Å². The molecule has 0 aliphatic rings. The van der Waals surface area contributed by atoms with Gasteiger partial charge in [-0.15, -0.1) is 0 Å². The maximum absolute atomic E-state index is 12.9. The van der Waals surface area contributed by atoms with Crippen molar-refractivity contribution in [3.63, 3.8) is 0 Å². The van der Waals surface area contributed by atoms with E-state index in [1.54, 1.807) is 6.92 Å². The van der Waals surface area contributed by atoms with Crippen LogP contribution in [-0.4, -0.2) is 25.9 Å². The summed E-state index contributed by atoms with van der Waals surface area (Å²) in [6.07, 6.45) is -9.09. The van der Waals surface area contributed by atoms with Gasteiger partial charge in [-0.1, -0.05) is 25.1 Å². The van der Waals surface area contributed by atoms with Crippen molar-refractivity contribution in [2.24, 2.45) is 0 Å². The highest BCUT2D eigenvalue weighted by molar-refractivity contribution is 5.32. The normalized spacial score (nSPS) is 14.2. The van der Waals surface area contributed by atoms with Crippen LogP contribution in [0.4, 0.5) is 26.3 Å². The van der Waals surface area contributed by atoms with Crippen molar-refractivity contribution in [1.29, 1.82) is 0 Å². The first-order valence-electron chi connectivity index (χ1n) is 6.19. The van der Waals surface area contributed by atoms with Crippen LogP contribution in [0.25, 0.3) is 0 Å². The van der Waals surface area contributed by atoms with Gasteiger partial charge in [-0.3, -0.25) is 0 Å². The molecule has 0 saturated heterocycles. The Balaban J connectivity index is 2.90. The van der Waals surface area contributed by atoms with Gasteiger partial charge in [0.05, 0.1) is 18.2 Å². The van der Waals surface area contributed by atoms with Gasteiger partial charge in [0.1, 0.15) is 6.61 Å². The van der Waals surface area contributed by atoms with Gasteiger partial charge < -0.3 is 10.1 Å². The summed E-state index contributed by atoms with van der Waals surface area (Å²) in [7, 11) is 0. The molecule has 0 heterocycles. The molecule has 0 fully saturated rings. The Hall–Kier alpha value is -1.28. The molecule has 1 N–H and O–H groups in total. The van der Waals surface area contributed by atoms with Gasteiger partial charge in [-0.25, -0.2) is 0 Å². The summed E-state index contributed by atoms with van der Waals surface area (Å²) < 4.78 is 79.3. The summed E-state index contributed by atoms with van der Waals surface area (Å²) in [5.74, 6) is 0. The van der Waals surface area contributed by atoms with E-state index in [4.69, 9.17) is 0 Å². The Labute approximate surface area is 118 Å². The Kier molecular flexibility index (Phi) is 6.03. The summed E-state index contributed by atoms with van der Waals surface area (Å²) in [4.78, 5) is 0. The molecule has 120 valence electrons. The second kappa shape index (κ2) is 7.13. The quantitative estimate of drug-likeness (QED) is 0.803. The van der Waals surface area contributed by atoms with Crippen LogP contribution < -0.4 is 5.32 Å². The van der Waals surface area contributed by atoms with Gasteiger partial charge in [0, 0.05) is 0 Å². The van der Waals surface area contributed by atoms with Crippen LogP contribution in [0.2, 0.25) is 0 Å². The predicted molar refractivity (Wildman–Crippen MR) is 64.7 cm³/mol. The maximum atomic E-state index is 12.9. The van der Waals surface area contributed by atoms with Crippen LogP contribution >= 0.6 is 0 Å². The Morgan fingerprint density at radius 3 is 2.24 bits per heavy atom. The van der Waals surface area contributed by atoms with E-state index in [9.17, 15) is 26.3 Å². The monoisotopic (exact) mass is 315 g/mol. The van der Waals surface area contributed by atoms with E-state index in [2.05, 4.69) is 10.1 Å². The van der Waals surface area contributed by atoms with Gasteiger partial charge in [0.25, 0.3) is 0 Å². The van der Waals surface area contributed by atoms with Gasteiger partial charge in [-0.2, -0.15) is 26.3 Å². The number of benzene rings is 1. The number of rotatable bonds is 6. The zero-order valence-electron chi connectivity index (χ0n) is 11.2. The summed E-state index contributed by atoms with van der Waals surface area (Å²) >= 11 is 0. The van der Waals surface area contributed by atoms with E-state index in [0.717, 1.165) is 6.07 Å². The lowest BCUT2D eigenvalue weighted by molar-refractivity contribution is -0.175. The zero-order chi connectivity index (χ0) is 16.1. The molecule has 0 aliphatic carbocycles. The van der Waals surface area contributed by atoms with Crippen molar-refractivity contribution >= 4 is 0 Å². The smallest absolute Gasteiger partial charge is 0.370 e. The second-order valence-electron chi connectivity index (χ2n) is 4.33. The molecule has 21 heavy (non-hydrogen) atoms. The first-order valence-corrected chi connectivity index (χ1v) is 6.19. The van der Waals surface area contributed by atoms with Crippen LogP contribution in [0.15, 0.2) is 24.3 Å². The molecule has 1 aromatic rings. The van der Waals surface area contributed by atoms with E-state index in [1.807, 2.05) is 0 Å². The summed E-state index contributed by atoms with van der Waals surface area (Å²) in [6, 6.07) is 3.79. The molecule has 1 aromatic carbocycles. The number of hydrogen-bond acceptors (Lipinski definition) is 2. The minimum absolute atomic E-state index is 0.131. The van der Waals surface area contributed by atoms with Crippen LogP contribution in [0.5, 0.6) is 0 Å². The molecule has 2 nitrogen and oxygen atoms in total. The fourth-order valence-corrected chi connectivity index (χ4v) is 1.86. The van der Waals surface area contributed by atoms with E-state index in [1.165, 1.54) is 18.2 Å². The third kappa shape index (κ3) is 5.92. The molecule has 1 unspecified atom stereocenters. The van der Waals surface area contributed by atoms with Crippen LogP contribution in [0, 0.1) is 0 Å². The standard InChI is InChI=1S/C13H15F6NO/c1-2-20-11(7-21-8-12(14,15)16)9-5-3-4-6-10(9)13(17,18)19/h3-6,11,20H,2,7-8H2,1H3. The average Bonchev–Trinajstić information content (AvgIpc) is 2.35. The minimum Gasteiger partial charge on any atom is -0.370 e. The molecule has 0 spiro atoms. The third-order valence-corrected chi connectivity index (χ3v) is 2.64. The lowest BCUT2D eigenvalue weighted by atomic mass is 10.0. The first-order chi connectivity index (χ1) is 9.65. The SMILES string of the molecule is CCNC(COCC(F)(F)F)c1ccccc1C(F)(F)F. The molecule has 0 radical (unpaired) electrons. The Morgan fingerprint density at radius 2 is 1.71 bits per heavy atom. The van der Waals surface area contributed by atoms with Crippen molar-refractivity contribution in [2.45, 2.75) is 25.3 Å². The molecule has 0 aliphatic heterocycles. The van der Waals surface area contributed by atoms with Crippen molar-refractivity contribution in [3.05, 3.63) is 35.4 Å². The van der Waals surface area contributed by atoms with Crippen LogP contribution in [-0.2, 0) is 10.9 Å². The molecule has 1 atom stereocenters. The number of nitrogens with one attached hydrogen (secondary N) is 1. The molecule has 0 saturated carbocycles. The minimum atomic E-state index is -4.58. The third-order valence-electron chi connectivity index (χ3n) is 2.64. The lowest BCUT2D eigenvalue weighted by Crippen LogP contribution is -2.29. The topological polar surface area (TPSA) is 21.3 Å². The lowest BCUT2D eigenvalue weighted by Gasteiger charge is -2.22. The van der Waals surface area contributed by atoms with Gasteiger partial charge in [-0.05, 0) is 18.2 Å². The highest BCUT2D eigenvalue weighted by Gasteiger charge is 2.35. The van der Waals surface area contributed by atoms with Crippen molar-refractivity contribution in [1.82, 2.24) is 5.32 Å². The van der Waals surface area contributed by atoms with Gasteiger partial charge >= 0.3 is 12.4 Å². The van der Waals surface area contributed by atoms with E-state index in [-0.39, 0.29) is 5.56 Å². The molecule has 0 aromatic heterocycles. The maximum Gasteiger partial charge on any atom is 0.416 e. The van der Waals surface area contributed by atoms with Crippen molar-refractivity contribution in [2.75, 3.05) is 19.8 Å². The van der Waals surface area contributed by atoms with Gasteiger partial charge in [0.2, 0.25) is 0 Å². The number of halogens is 6. The molecule has 8 heteroatoms. The molecular formula is C13H15F6NO. The Bertz CT molecular complexity index is 443. The van der Waals surface area contributed by atoms with Crippen LogP contribution in [0.1, 0.15) is 24.1 Å². The molecular weight excluding hydrogens is 300 g/mol. The number of likely N-dealkylation sites (N-methyl/N-ethyl adjacent to an activating group) is 1. The average molecular weight is 315 g/mol. The van der Waals surface area contributed by atoms with E-state index >= 15 is 0 Å². The largest absolute Gasteiger partial charge is 0.416 e.